The van der Waals surface area contributed by atoms with Crippen molar-refractivity contribution in [2.75, 3.05) is 15.5 Å². The Morgan fingerprint density at radius 2 is 1.56 bits per heavy atom. The maximum absolute atomic E-state index is 12.9. The number of thiocarbonyl (C=S) groups is 1. The highest BCUT2D eigenvalue weighted by atomic mass is 35.5. The van der Waals surface area contributed by atoms with Gasteiger partial charge in [0.1, 0.15) is 0 Å². The molecule has 1 aliphatic heterocycles. The maximum atomic E-state index is 12.9. The second kappa shape index (κ2) is 9.92. The summed E-state index contributed by atoms with van der Waals surface area (Å²) in [7, 11) is 0. The first-order valence-electron chi connectivity index (χ1n) is 9.62. The van der Waals surface area contributed by atoms with E-state index >= 15 is 0 Å². The van der Waals surface area contributed by atoms with Gasteiger partial charge in [0.15, 0.2) is 5.11 Å². The fourth-order valence-electron chi connectivity index (χ4n) is 3.19. The van der Waals surface area contributed by atoms with Gasteiger partial charge in [0.25, 0.3) is 0 Å². The van der Waals surface area contributed by atoms with Crippen molar-refractivity contribution in [2.24, 2.45) is 0 Å². The molecule has 3 aromatic carbocycles. The van der Waals surface area contributed by atoms with Gasteiger partial charge in [-0.25, -0.2) is 4.90 Å². The Labute approximate surface area is 205 Å². The van der Waals surface area contributed by atoms with Gasteiger partial charge in [-0.3, -0.25) is 9.59 Å². The summed E-state index contributed by atoms with van der Waals surface area (Å²) < 4.78 is 0. The highest BCUT2D eigenvalue weighted by Gasteiger charge is 2.40. The van der Waals surface area contributed by atoms with E-state index in [-0.39, 0.29) is 18.2 Å². The summed E-state index contributed by atoms with van der Waals surface area (Å²) in [6.07, 6.45) is 0.120. The minimum absolute atomic E-state index is 0.120. The lowest BCUT2D eigenvalue weighted by Crippen LogP contribution is -2.31. The van der Waals surface area contributed by atoms with E-state index in [0.717, 1.165) is 16.3 Å². The van der Waals surface area contributed by atoms with Gasteiger partial charge in [0, 0.05) is 22.7 Å². The van der Waals surface area contributed by atoms with Gasteiger partial charge >= 0.3 is 0 Å². The molecule has 0 spiro atoms. The predicted octanol–water partition coefficient (Wildman–Crippen LogP) is 6.23. The molecular weight excluding hydrogens is 485 g/mol. The molecule has 0 aliphatic carbocycles. The lowest BCUT2D eigenvalue weighted by Gasteiger charge is -2.15. The van der Waals surface area contributed by atoms with Gasteiger partial charge in [0.05, 0.1) is 21.0 Å². The molecule has 1 aliphatic rings. The minimum Gasteiger partial charge on any atom is -0.332 e. The van der Waals surface area contributed by atoms with Gasteiger partial charge in [-0.05, 0) is 66.8 Å². The van der Waals surface area contributed by atoms with E-state index < -0.39 is 5.25 Å². The van der Waals surface area contributed by atoms with Crippen LogP contribution in [0, 0.1) is 0 Å². The lowest BCUT2D eigenvalue weighted by atomic mass is 10.3. The highest BCUT2D eigenvalue weighted by molar-refractivity contribution is 8.00. The first kappa shape index (κ1) is 22.6. The van der Waals surface area contributed by atoms with E-state index in [1.165, 1.54) is 22.7 Å². The van der Waals surface area contributed by atoms with E-state index in [1.807, 2.05) is 54.6 Å². The Morgan fingerprint density at radius 3 is 2.22 bits per heavy atom. The van der Waals surface area contributed by atoms with E-state index in [1.54, 1.807) is 12.1 Å². The third-order valence-corrected chi connectivity index (χ3v) is 6.83. The van der Waals surface area contributed by atoms with E-state index in [0.29, 0.717) is 20.8 Å². The van der Waals surface area contributed by atoms with Crippen molar-refractivity contribution in [2.45, 2.75) is 16.6 Å². The number of carbonyl (C=O) groups excluding carboxylic acids is 2. The van der Waals surface area contributed by atoms with Crippen LogP contribution in [0.1, 0.15) is 6.42 Å². The molecule has 1 saturated heterocycles. The van der Waals surface area contributed by atoms with Crippen molar-refractivity contribution < 1.29 is 9.59 Å². The van der Waals surface area contributed by atoms with E-state index in [4.69, 9.17) is 35.4 Å². The summed E-state index contributed by atoms with van der Waals surface area (Å²) >= 11 is 18.7. The van der Waals surface area contributed by atoms with Gasteiger partial charge in [-0.2, -0.15) is 0 Å². The standard InChI is InChI=1S/C23H17Cl2N3O2S2/c24-18-11-8-16(12-19(18)25)28-21(29)13-20(22(28)30)32-17-9-6-15(7-10-17)27-23(31)26-14-4-2-1-3-5-14/h1-12,20H,13H2,(H2,26,27,31)/t20-/m1/s1. The Morgan fingerprint density at radius 1 is 0.906 bits per heavy atom. The molecule has 1 fully saturated rings. The molecule has 0 unspecified atom stereocenters. The monoisotopic (exact) mass is 501 g/mol. The summed E-state index contributed by atoms with van der Waals surface area (Å²) in [6.45, 7) is 0. The van der Waals surface area contributed by atoms with Crippen molar-refractivity contribution in [3.63, 3.8) is 0 Å². The van der Waals surface area contributed by atoms with Crippen LogP contribution in [0.25, 0.3) is 0 Å². The molecule has 2 amide bonds. The molecule has 162 valence electrons. The van der Waals surface area contributed by atoms with Crippen molar-refractivity contribution in [3.8, 4) is 0 Å². The molecule has 2 N–H and O–H groups in total. The normalized spacial score (nSPS) is 15.7. The number of rotatable bonds is 5. The largest absolute Gasteiger partial charge is 0.332 e. The SMILES string of the molecule is O=C1C[C@@H](Sc2ccc(NC(=S)Nc3ccccc3)cc2)C(=O)N1c1ccc(Cl)c(Cl)c1. The Bertz CT molecular complexity index is 1170. The third-order valence-electron chi connectivity index (χ3n) is 4.69. The Balaban J connectivity index is 1.38. The number of hydrogen-bond acceptors (Lipinski definition) is 4. The average molecular weight is 502 g/mol. The second-order valence-corrected chi connectivity index (χ2v) is 9.44. The zero-order valence-electron chi connectivity index (χ0n) is 16.5. The minimum atomic E-state index is -0.503. The molecule has 0 radical (unpaired) electrons. The molecule has 0 bridgehead atoms. The Hall–Kier alpha value is -2.58. The molecule has 1 heterocycles. The maximum Gasteiger partial charge on any atom is 0.247 e. The van der Waals surface area contributed by atoms with Crippen molar-refractivity contribution in [1.82, 2.24) is 0 Å². The van der Waals surface area contributed by atoms with Crippen LogP contribution < -0.4 is 15.5 Å². The van der Waals surface area contributed by atoms with Crippen LogP contribution in [0.2, 0.25) is 10.0 Å². The third kappa shape index (κ3) is 5.24. The van der Waals surface area contributed by atoms with Gasteiger partial charge < -0.3 is 10.6 Å². The number of halogens is 2. The lowest BCUT2D eigenvalue weighted by molar-refractivity contribution is -0.121. The second-order valence-electron chi connectivity index (χ2n) is 6.95. The zero-order chi connectivity index (χ0) is 22.7. The molecule has 0 saturated carbocycles. The number of thioether (sulfide) groups is 1. The number of hydrogen-bond donors (Lipinski definition) is 2. The fraction of sp³-hybridized carbons (Fsp3) is 0.0870. The number of imide groups is 1. The zero-order valence-corrected chi connectivity index (χ0v) is 19.7. The van der Waals surface area contributed by atoms with Crippen molar-refractivity contribution in [1.29, 1.82) is 0 Å². The summed E-state index contributed by atoms with van der Waals surface area (Å²) in [4.78, 5) is 27.4. The molecule has 1 atom stereocenters. The molecule has 9 heteroatoms. The van der Waals surface area contributed by atoms with Crippen LogP contribution in [-0.4, -0.2) is 22.2 Å². The number of para-hydroxylation sites is 1. The first-order valence-corrected chi connectivity index (χ1v) is 11.7. The molecule has 32 heavy (non-hydrogen) atoms. The summed E-state index contributed by atoms with van der Waals surface area (Å²) in [5, 5.41) is 6.87. The number of nitrogens with zero attached hydrogens (tertiary/aromatic N) is 1. The van der Waals surface area contributed by atoms with E-state index in [2.05, 4.69) is 10.6 Å². The van der Waals surface area contributed by atoms with Crippen molar-refractivity contribution >= 4 is 81.2 Å². The summed E-state index contributed by atoms with van der Waals surface area (Å²) in [5.41, 5.74) is 2.14. The van der Waals surface area contributed by atoms with E-state index in [9.17, 15) is 9.59 Å². The highest BCUT2D eigenvalue weighted by Crippen LogP contribution is 2.36. The number of amides is 2. The first-order chi connectivity index (χ1) is 15.4. The van der Waals surface area contributed by atoms with Gasteiger partial charge in [0.2, 0.25) is 11.8 Å². The molecule has 3 aromatic rings. The fourth-order valence-corrected chi connectivity index (χ4v) is 4.77. The smallest absolute Gasteiger partial charge is 0.247 e. The topological polar surface area (TPSA) is 61.4 Å². The number of carbonyl (C=O) groups is 2. The predicted molar refractivity (Wildman–Crippen MR) is 136 cm³/mol. The van der Waals surface area contributed by atoms with Crippen LogP contribution >= 0.6 is 47.2 Å². The summed E-state index contributed by atoms with van der Waals surface area (Å²) in [5.74, 6) is -0.532. The van der Waals surface area contributed by atoms with Crippen LogP contribution in [0.5, 0.6) is 0 Å². The average Bonchev–Trinajstić information content (AvgIpc) is 3.05. The quantitative estimate of drug-likeness (QED) is 0.319. The van der Waals surface area contributed by atoms with Crippen molar-refractivity contribution in [3.05, 3.63) is 82.8 Å². The van der Waals surface area contributed by atoms with Crippen LogP contribution in [0.15, 0.2) is 77.7 Å². The molecule has 0 aromatic heterocycles. The summed E-state index contributed by atoms with van der Waals surface area (Å²) in [6, 6.07) is 21.9. The number of anilines is 3. The number of nitrogens with one attached hydrogen (secondary N) is 2. The van der Waals surface area contributed by atoms with Crippen LogP contribution in [-0.2, 0) is 9.59 Å². The molecule has 5 nitrogen and oxygen atoms in total. The van der Waals surface area contributed by atoms with Gasteiger partial charge in [-0.15, -0.1) is 11.8 Å². The Kier molecular flexibility index (Phi) is 7.01. The van der Waals surface area contributed by atoms with Gasteiger partial charge in [-0.1, -0.05) is 41.4 Å². The van der Waals surface area contributed by atoms with Crippen LogP contribution in [0.3, 0.4) is 0 Å². The molecule has 4 rings (SSSR count). The van der Waals surface area contributed by atoms with Crippen LogP contribution in [0.4, 0.5) is 17.1 Å². The molecular formula is C23H17Cl2N3O2S2. The number of benzene rings is 3.